The van der Waals surface area contributed by atoms with Gasteiger partial charge in [0.25, 0.3) is 0 Å². The smallest absolute Gasteiger partial charge is 0.222 e. The van der Waals surface area contributed by atoms with E-state index in [-0.39, 0.29) is 18.9 Å². The number of hydrogen-bond acceptors (Lipinski definition) is 4. The van der Waals surface area contributed by atoms with Gasteiger partial charge in [-0.3, -0.25) is 4.79 Å². The predicted octanol–water partition coefficient (Wildman–Crippen LogP) is 13.2. The fraction of sp³-hybridized carbons (Fsp3) is 0.851. The highest BCUT2D eigenvalue weighted by Gasteiger charge is 2.20. The molecule has 0 aromatic carbocycles. The molecule has 0 spiro atoms. The Morgan fingerprint density at radius 3 is 1.31 bits per heavy atom. The second-order valence-electron chi connectivity index (χ2n) is 15.7. The minimum absolute atomic E-state index is 0.00415. The fourth-order valence-electron chi connectivity index (χ4n) is 6.90. The van der Waals surface area contributed by atoms with Crippen molar-refractivity contribution in [2.24, 2.45) is 0 Å². The van der Waals surface area contributed by atoms with E-state index >= 15 is 0 Å². The van der Waals surface area contributed by atoms with Gasteiger partial charge in [0.05, 0.1) is 31.3 Å². The fourth-order valence-corrected chi connectivity index (χ4v) is 6.90. The highest BCUT2D eigenvalue weighted by atomic mass is 16.3. The molecule has 1 amide bonds. The second kappa shape index (κ2) is 42.3. The molecule has 5 heteroatoms. The lowest BCUT2D eigenvalue weighted by Crippen LogP contribution is -2.45. The first-order chi connectivity index (χ1) is 25.5. The van der Waals surface area contributed by atoms with Crippen LogP contribution in [0.1, 0.15) is 232 Å². The summed E-state index contributed by atoms with van der Waals surface area (Å²) in [5, 5.41) is 33.2. The molecule has 0 aromatic heterocycles. The molecule has 4 N–H and O–H groups in total. The molecule has 3 atom stereocenters. The van der Waals surface area contributed by atoms with Crippen LogP contribution in [0.4, 0.5) is 0 Å². The Morgan fingerprint density at radius 1 is 0.500 bits per heavy atom. The van der Waals surface area contributed by atoms with Crippen LogP contribution in [0.2, 0.25) is 0 Å². The van der Waals surface area contributed by atoms with Crippen LogP contribution in [0, 0.1) is 0 Å². The molecule has 5 nitrogen and oxygen atoms in total. The Bertz CT molecular complexity index is 809. The molecular formula is C47H89NO4. The van der Waals surface area contributed by atoms with Gasteiger partial charge in [-0.05, 0) is 51.4 Å². The summed E-state index contributed by atoms with van der Waals surface area (Å²) in [5.74, 6) is -0.323. The van der Waals surface area contributed by atoms with Crippen LogP contribution < -0.4 is 5.32 Å². The monoisotopic (exact) mass is 732 g/mol. The lowest BCUT2D eigenvalue weighted by molar-refractivity contribution is -0.124. The topological polar surface area (TPSA) is 89.8 Å². The van der Waals surface area contributed by atoms with E-state index in [9.17, 15) is 20.1 Å². The molecule has 306 valence electrons. The first-order valence-electron chi connectivity index (χ1n) is 22.8. The molecule has 0 radical (unpaired) electrons. The average Bonchev–Trinajstić information content (AvgIpc) is 3.14. The van der Waals surface area contributed by atoms with Crippen LogP contribution in [0.3, 0.4) is 0 Å². The number of hydrogen-bond donors (Lipinski definition) is 4. The van der Waals surface area contributed by atoms with E-state index in [4.69, 9.17) is 0 Å². The number of aliphatic hydroxyl groups is 3. The third-order valence-electron chi connectivity index (χ3n) is 10.4. The number of aliphatic hydroxyl groups excluding tert-OH is 3. The minimum Gasteiger partial charge on any atom is -0.394 e. The standard InChI is InChI=1S/C47H89NO4/c1-3-5-7-9-11-13-15-17-19-20-21-22-23-24-25-27-29-31-33-35-37-39-41-46(51)45(43-49)48-47(52)42-44(50)40-38-36-34-32-30-28-26-18-16-14-12-10-8-6-4-2/h12,14,18,26,39,41,44-46,49-51H,3-11,13,15-17,19-25,27-38,40,42-43H2,1-2H3,(H,48,52)/b14-12-,26-18-,41-39+. The normalized spacial score (nSPS) is 13.9. The Hall–Kier alpha value is -1.43. The SMILES string of the molecule is CCCCC/C=C\C/C=C\CCCCCCCC(O)CC(=O)NC(CO)C(O)/C=C/CCCCCCCCCCCCCCCCCCCCCC. The maximum atomic E-state index is 12.4. The Labute approximate surface area is 324 Å². The molecule has 0 aliphatic rings. The molecule has 0 rings (SSSR count). The molecule has 0 fully saturated rings. The molecule has 0 aromatic rings. The number of amides is 1. The summed E-state index contributed by atoms with van der Waals surface area (Å²) in [6.07, 6.45) is 52.9. The zero-order valence-corrected chi connectivity index (χ0v) is 34.7. The predicted molar refractivity (Wildman–Crippen MR) is 227 cm³/mol. The summed E-state index contributed by atoms with van der Waals surface area (Å²) in [4.78, 5) is 12.4. The lowest BCUT2D eigenvalue weighted by Gasteiger charge is -2.21. The van der Waals surface area contributed by atoms with Gasteiger partial charge in [0.2, 0.25) is 5.91 Å². The van der Waals surface area contributed by atoms with Gasteiger partial charge in [-0.25, -0.2) is 0 Å². The molecule has 0 saturated heterocycles. The van der Waals surface area contributed by atoms with Crippen LogP contribution in [0.5, 0.6) is 0 Å². The molecule has 0 aliphatic carbocycles. The quantitative estimate of drug-likeness (QED) is 0.0372. The maximum absolute atomic E-state index is 12.4. The van der Waals surface area contributed by atoms with Crippen LogP contribution >= 0.6 is 0 Å². The minimum atomic E-state index is -0.932. The van der Waals surface area contributed by atoms with Crippen LogP contribution in [0.15, 0.2) is 36.5 Å². The van der Waals surface area contributed by atoms with Crippen molar-refractivity contribution in [1.82, 2.24) is 5.32 Å². The van der Waals surface area contributed by atoms with E-state index in [2.05, 4.69) is 43.5 Å². The molecule has 0 heterocycles. The Kier molecular flexibility index (Phi) is 41.1. The van der Waals surface area contributed by atoms with Crippen LogP contribution in [0.25, 0.3) is 0 Å². The third kappa shape index (κ3) is 38.3. The van der Waals surface area contributed by atoms with Crippen molar-refractivity contribution in [3.63, 3.8) is 0 Å². The van der Waals surface area contributed by atoms with Crippen molar-refractivity contribution in [2.75, 3.05) is 6.61 Å². The summed E-state index contributed by atoms with van der Waals surface area (Å²) in [5.41, 5.74) is 0. The number of allylic oxidation sites excluding steroid dienone is 5. The lowest BCUT2D eigenvalue weighted by atomic mass is 10.0. The highest BCUT2D eigenvalue weighted by molar-refractivity contribution is 5.76. The Balaban J connectivity index is 3.66. The van der Waals surface area contributed by atoms with Gasteiger partial charge in [0.15, 0.2) is 0 Å². The van der Waals surface area contributed by atoms with Crippen LogP contribution in [-0.4, -0.2) is 46.1 Å². The van der Waals surface area contributed by atoms with Crippen molar-refractivity contribution in [3.05, 3.63) is 36.5 Å². The van der Waals surface area contributed by atoms with E-state index in [1.54, 1.807) is 6.08 Å². The molecule has 0 bridgehead atoms. The van der Waals surface area contributed by atoms with Gasteiger partial charge in [-0.15, -0.1) is 0 Å². The summed E-state index contributed by atoms with van der Waals surface area (Å²) in [6.45, 7) is 4.19. The highest BCUT2D eigenvalue weighted by Crippen LogP contribution is 2.16. The molecule has 3 unspecified atom stereocenters. The van der Waals surface area contributed by atoms with Gasteiger partial charge in [-0.1, -0.05) is 211 Å². The third-order valence-corrected chi connectivity index (χ3v) is 10.4. The number of nitrogens with one attached hydrogen (secondary N) is 1. The number of carbonyl (C=O) groups excluding carboxylic acids is 1. The summed E-state index contributed by atoms with van der Waals surface area (Å²) < 4.78 is 0. The van der Waals surface area contributed by atoms with Gasteiger partial charge < -0.3 is 20.6 Å². The van der Waals surface area contributed by atoms with Gasteiger partial charge >= 0.3 is 0 Å². The van der Waals surface area contributed by atoms with Gasteiger partial charge in [-0.2, -0.15) is 0 Å². The Morgan fingerprint density at radius 2 is 0.865 bits per heavy atom. The van der Waals surface area contributed by atoms with Crippen molar-refractivity contribution in [3.8, 4) is 0 Å². The second-order valence-corrected chi connectivity index (χ2v) is 15.7. The van der Waals surface area contributed by atoms with E-state index in [1.165, 1.54) is 161 Å². The van der Waals surface area contributed by atoms with Crippen molar-refractivity contribution < 1.29 is 20.1 Å². The summed E-state index contributed by atoms with van der Waals surface area (Å²) in [6, 6.07) is -0.748. The average molecular weight is 732 g/mol. The van der Waals surface area contributed by atoms with Crippen molar-refractivity contribution in [1.29, 1.82) is 0 Å². The molecule has 0 saturated carbocycles. The first-order valence-corrected chi connectivity index (χ1v) is 22.8. The van der Waals surface area contributed by atoms with Gasteiger partial charge in [0, 0.05) is 0 Å². The summed E-state index contributed by atoms with van der Waals surface area (Å²) >= 11 is 0. The van der Waals surface area contributed by atoms with Crippen LogP contribution in [-0.2, 0) is 4.79 Å². The molecule has 52 heavy (non-hydrogen) atoms. The number of unbranched alkanes of at least 4 members (excludes halogenated alkanes) is 28. The van der Waals surface area contributed by atoms with E-state index in [0.29, 0.717) is 6.42 Å². The van der Waals surface area contributed by atoms with Gasteiger partial charge in [0.1, 0.15) is 0 Å². The molecular weight excluding hydrogens is 643 g/mol. The van der Waals surface area contributed by atoms with E-state index in [0.717, 1.165) is 44.9 Å². The first kappa shape index (κ1) is 50.6. The summed E-state index contributed by atoms with van der Waals surface area (Å²) in [7, 11) is 0. The van der Waals surface area contributed by atoms with Crippen molar-refractivity contribution >= 4 is 5.91 Å². The number of carbonyl (C=O) groups is 1. The maximum Gasteiger partial charge on any atom is 0.222 e. The largest absolute Gasteiger partial charge is 0.394 e. The number of rotatable bonds is 41. The van der Waals surface area contributed by atoms with E-state index in [1.807, 2.05) is 6.08 Å². The molecule has 0 aliphatic heterocycles. The van der Waals surface area contributed by atoms with E-state index < -0.39 is 18.2 Å². The zero-order valence-electron chi connectivity index (χ0n) is 34.7. The zero-order chi connectivity index (χ0) is 38.0. The van der Waals surface area contributed by atoms with Crippen molar-refractivity contribution in [2.45, 2.75) is 250 Å².